The Kier molecular flexibility index (Phi) is 5.85. The number of hydrogen-bond donors (Lipinski definition) is 2. The summed E-state index contributed by atoms with van der Waals surface area (Å²) in [7, 11) is 0. The first-order chi connectivity index (χ1) is 11.8. The first kappa shape index (κ1) is 19.0. The normalized spacial score (nSPS) is 14.0. The zero-order chi connectivity index (χ0) is 18.5. The lowest BCUT2D eigenvalue weighted by molar-refractivity contribution is -0.263. The third kappa shape index (κ3) is 4.39. The van der Waals surface area contributed by atoms with Crippen molar-refractivity contribution in [2.75, 3.05) is 6.54 Å². The number of halogens is 3. The van der Waals surface area contributed by atoms with E-state index in [1.54, 1.807) is 30.3 Å². The van der Waals surface area contributed by atoms with Gasteiger partial charge in [-0.3, -0.25) is 4.79 Å². The number of aliphatic hydroxyl groups is 1. The van der Waals surface area contributed by atoms with Gasteiger partial charge in [-0.05, 0) is 29.7 Å². The molecule has 0 bridgehead atoms. The summed E-state index contributed by atoms with van der Waals surface area (Å²) < 4.78 is 40.1. The van der Waals surface area contributed by atoms with E-state index in [1.807, 2.05) is 6.92 Å². The van der Waals surface area contributed by atoms with E-state index in [0.29, 0.717) is 0 Å². The molecular formula is C19H20F3NO2. The van der Waals surface area contributed by atoms with Crippen LogP contribution in [-0.2, 0) is 12.0 Å². The number of amides is 1. The van der Waals surface area contributed by atoms with Crippen LogP contribution in [0, 0.1) is 0 Å². The minimum Gasteiger partial charge on any atom is -0.375 e. The van der Waals surface area contributed by atoms with E-state index in [-0.39, 0.29) is 11.1 Å². The van der Waals surface area contributed by atoms with Gasteiger partial charge in [0, 0.05) is 5.56 Å². The highest BCUT2D eigenvalue weighted by Crippen LogP contribution is 2.38. The summed E-state index contributed by atoms with van der Waals surface area (Å²) in [5, 5.41) is 12.4. The van der Waals surface area contributed by atoms with Crippen LogP contribution in [0.2, 0.25) is 0 Å². The maximum absolute atomic E-state index is 13.4. The Hall–Kier alpha value is -2.34. The van der Waals surface area contributed by atoms with Gasteiger partial charge in [0.05, 0.1) is 6.54 Å². The smallest absolute Gasteiger partial charge is 0.375 e. The standard InChI is InChI=1S/C19H20F3NO2/c1-2-6-14-9-11-15(12-10-14)17(24)23-13-18(25,19(20,21)22)16-7-4-3-5-8-16/h3-5,7-12,25H,2,6,13H2,1H3,(H,23,24)/t18-/m0/s1. The molecule has 0 fully saturated rings. The average molecular weight is 351 g/mol. The monoisotopic (exact) mass is 351 g/mol. The molecule has 0 spiro atoms. The quantitative estimate of drug-likeness (QED) is 0.831. The molecule has 3 nitrogen and oxygen atoms in total. The Morgan fingerprint density at radius 3 is 2.16 bits per heavy atom. The van der Waals surface area contributed by atoms with E-state index in [4.69, 9.17) is 0 Å². The number of rotatable bonds is 6. The molecule has 0 aliphatic heterocycles. The fourth-order valence-electron chi connectivity index (χ4n) is 2.50. The Labute approximate surface area is 144 Å². The van der Waals surface area contributed by atoms with E-state index in [2.05, 4.69) is 5.32 Å². The van der Waals surface area contributed by atoms with Gasteiger partial charge in [-0.15, -0.1) is 0 Å². The number of alkyl halides is 3. The summed E-state index contributed by atoms with van der Waals surface area (Å²) in [4.78, 5) is 12.1. The summed E-state index contributed by atoms with van der Waals surface area (Å²) in [5.74, 6) is -0.665. The van der Waals surface area contributed by atoms with Crippen LogP contribution >= 0.6 is 0 Å². The highest BCUT2D eigenvalue weighted by atomic mass is 19.4. The minimum absolute atomic E-state index is 0.248. The molecule has 6 heteroatoms. The molecular weight excluding hydrogens is 331 g/mol. The largest absolute Gasteiger partial charge is 0.423 e. The number of nitrogens with one attached hydrogen (secondary N) is 1. The minimum atomic E-state index is -4.92. The van der Waals surface area contributed by atoms with E-state index in [9.17, 15) is 23.1 Å². The van der Waals surface area contributed by atoms with Gasteiger partial charge in [-0.1, -0.05) is 55.8 Å². The molecule has 1 atom stereocenters. The second-order valence-electron chi connectivity index (χ2n) is 5.85. The predicted octanol–water partition coefficient (Wildman–Crippen LogP) is 3.82. The molecule has 0 aromatic heterocycles. The lowest BCUT2D eigenvalue weighted by Crippen LogP contribution is -2.51. The maximum atomic E-state index is 13.4. The van der Waals surface area contributed by atoms with Crippen molar-refractivity contribution in [3.63, 3.8) is 0 Å². The van der Waals surface area contributed by atoms with Gasteiger partial charge in [-0.25, -0.2) is 0 Å². The molecule has 0 saturated carbocycles. The lowest BCUT2D eigenvalue weighted by atomic mass is 9.93. The van der Waals surface area contributed by atoms with Gasteiger partial charge >= 0.3 is 6.18 Å². The number of carbonyl (C=O) groups is 1. The number of carbonyl (C=O) groups excluding carboxylic acids is 1. The van der Waals surface area contributed by atoms with E-state index >= 15 is 0 Å². The Morgan fingerprint density at radius 1 is 1.04 bits per heavy atom. The first-order valence-corrected chi connectivity index (χ1v) is 7.99. The van der Waals surface area contributed by atoms with Gasteiger partial charge in [0.2, 0.25) is 5.60 Å². The van der Waals surface area contributed by atoms with Gasteiger partial charge in [0.25, 0.3) is 5.91 Å². The van der Waals surface area contributed by atoms with Crippen LogP contribution in [0.4, 0.5) is 13.2 Å². The van der Waals surface area contributed by atoms with Crippen molar-refractivity contribution in [2.24, 2.45) is 0 Å². The molecule has 0 heterocycles. The Bertz CT molecular complexity index is 699. The summed E-state index contributed by atoms with van der Waals surface area (Å²) in [6, 6.07) is 13.4. The summed E-state index contributed by atoms with van der Waals surface area (Å²) >= 11 is 0. The zero-order valence-corrected chi connectivity index (χ0v) is 13.8. The topological polar surface area (TPSA) is 49.3 Å². The maximum Gasteiger partial charge on any atom is 0.423 e. The second-order valence-corrected chi connectivity index (χ2v) is 5.85. The van der Waals surface area contributed by atoms with Crippen molar-refractivity contribution in [2.45, 2.75) is 31.5 Å². The average Bonchev–Trinajstić information content (AvgIpc) is 2.60. The molecule has 2 rings (SSSR count). The molecule has 0 saturated heterocycles. The molecule has 2 aromatic carbocycles. The second kappa shape index (κ2) is 7.70. The van der Waals surface area contributed by atoms with Crippen molar-refractivity contribution in [1.82, 2.24) is 5.32 Å². The molecule has 2 aromatic rings. The molecule has 0 unspecified atom stereocenters. The zero-order valence-electron chi connectivity index (χ0n) is 13.8. The van der Waals surface area contributed by atoms with Crippen LogP contribution in [0.15, 0.2) is 54.6 Å². The van der Waals surface area contributed by atoms with Crippen LogP contribution in [0.25, 0.3) is 0 Å². The Balaban J connectivity index is 2.14. The molecule has 0 aliphatic carbocycles. The van der Waals surface area contributed by atoms with Crippen molar-refractivity contribution in [3.8, 4) is 0 Å². The third-order valence-corrected chi connectivity index (χ3v) is 3.98. The van der Waals surface area contributed by atoms with Crippen molar-refractivity contribution < 1.29 is 23.1 Å². The number of hydrogen-bond acceptors (Lipinski definition) is 2. The van der Waals surface area contributed by atoms with Gasteiger partial charge < -0.3 is 10.4 Å². The van der Waals surface area contributed by atoms with Crippen molar-refractivity contribution in [3.05, 3.63) is 71.3 Å². The Morgan fingerprint density at radius 2 is 1.64 bits per heavy atom. The van der Waals surface area contributed by atoms with Crippen LogP contribution < -0.4 is 5.32 Å². The fraction of sp³-hybridized carbons (Fsp3) is 0.316. The molecule has 25 heavy (non-hydrogen) atoms. The molecule has 0 radical (unpaired) electrons. The first-order valence-electron chi connectivity index (χ1n) is 7.99. The number of benzene rings is 2. The van der Waals surface area contributed by atoms with Crippen LogP contribution in [0.1, 0.15) is 34.8 Å². The van der Waals surface area contributed by atoms with Gasteiger partial charge in [0.15, 0.2) is 0 Å². The molecule has 0 aliphatic rings. The SMILES string of the molecule is CCCc1ccc(C(=O)NC[C@](O)(c2ccccc2)C(F)(F)F)cc1. The van der Waals surface area contributed by atoms with Gasteiger partial charge in [-0.2, -0.15) is 13.2 Å². The molecule has 2 N–H and O–H groups in total. The summed E-state index contributed by atoms with van der Waals surface area (Å²) in [6.45, 7) is 1.07. The number of aryl methyl sites for hydroxylation is 1. The lowest BCUT2D eigenvalue weighted by Gasteiger charge is -2.31. The van der Waals surface area contributed by atoms with Gasteiger partial charge in [0.1, 0.15) is 0 Å². The highest BCUT2D eigenvalue weighted by molar-refractivity contribution is 5.94. The van der Waals surface area contributed by atoms with Crippen molar-refractivity contribution >= 4 is 5.91 Å². The summed E-state index contributed by atoms with van der Waals surface area (Å²) in [5.41, 5.74) is -2.17. The molecule has 134 valence electrons. The predicted molar refractivity (Wildman–Crippen MR) is 89.2 cm³/mol. The highest BCUT2D eigenvalue weighted by Gasteiger charge is 2.55. The van der Waals surface area contributed by atoms with Crippen molar-refractivity contribution in [1.29, 1.82) is 0 Å². The van der Waals surface area contributed by atoms with Crippen LogP contribution in [0.3, 0.4) is 0 Å². The summed E-state index contributed by atoms with van der Waals surface area (Å²) in [6.07, 6.45) is -3.10. The molecule has 1 amide bonds. The third-order valence-electron chi connectivity index (χ3n) is 3.98. The van der Waals surface area contributed by atoms with Crippen LogP contribution in [0.5, 0.6) is 0 Å². The van der Waals surface area contributed by atoms with Crippen LogP contribution in [-0.4, -0.2) is 23.7 Å². The van der Waals surface area contributed by atoms with E-state index in [0.717, 1.165) is 18.4 Å². The van der Waals surface area contributed by atoms with E-state index in [1.165, 1.54) is 24.3 Å². The fourth-order valence-corrected chi connectivity index (χ4v) is 2.50. The van der Waals surface area contributed by atoms with E-state index < -0.39 is 24.2 Å².